The summed E-state index contributed by atoms with van der Waals surface area (Å²) < 4.78 is 39.9. The number of aromatic nitrogens is 2. The van der Waals surface area contributed by atoms with Crippen LogP contribution in [0.25, 0.3) is 0 Å². The highest BCUT2D eigenvalue weighted by atomic mass is 19.4. The first-order valence-electron chi connectivity index (χ1n) is 5.84. The van der Waals surface area contributed by atoms with Crippen LogP contribution in [-0.2, 0) is 19.6 Å². The number of hydrogen-bond donors (Lipinski definition) is 1. The third-order valence-corrected chi connectivity index (χ3v) is 2.72. The van der Waals surface area contributed by atoms with Gasteiger partial charge in [0.05, 0.1) is 11.8 Å². The molecule has 0 aliphatic rings. The van der Waals surface area contributed by atoms with Crippen molar-refractivity contribution in [3.05, 3.63) is 47.8 Å². The van der Waals surface area contributed by atoms with E-state index in [0.717, 1.165) is 11.6 Å². The molecule has 1 heterocycles. The number of benzene rings is 1. The van der Waals surface area contributed by atoms with E-state index in [0.29, 0.717) is 13.0 Å². The third-order valence-electron chi connectivity index (χ3n) is 2.72. The molecule has 3 nitrogen and oxygen atoms in total. The van der Waals surface area contributed by atoms with E-state index in [1.165, 1.54) is 12.1 Å². The zero-order valence-electron chi connectivity index (χ0n) is 10.4. The maximum absolute atomic E-state index is 12.7. The fourth-order valence-corrected chi connectivity index (χ4v) is 1.83. The number of aryl methyl sites for hydroxylation is 1. The van der Waals surface area contributed by atoms with Crippen LogP contribution >= 0.6 is 0 Å². The Morgan fingerprint density at radius 3 is 2.63 bits per heavy atom. The van der Waals surface area contributed by atoms with Crippen molar-refractivity contribution in [1.82, 2.24) is 9.78 Å². The first-order valence-corrected chi connectivity index (χ1v) is 5.84. The molecule has 0 aliphatic heterocycles. The highest BCUT2D eigenvalue weighted by molar-refractivity contribution is 5.52. The molecule has 0 saturated heterocycles. The lowest BCUT2D eigenvalue weighted by Crippen LogP contribution is -2.12. The Balaban J connectivity index is 2.00. The van der Waals surface area contributed by atoms with E-state index in [1.807, 2.05) is 6.20 Å². The van der Waals surface area contributed by atoms with Crippen LogP contribution in [0.3, 0.4) is 0 Å². The van der Waals surface area contributed by atoms with Crippen LogP contribution in [0, 0.1) is 0 Å². The van der Waals surface area contributed by atoms with E-state index in [-0.39, 0.29) is 5.69 Å². The van der Waals surface area contributed by atoms with Gasteiger partial charge >= 0.3 is 6.18 Å². The van der Waals surface area contributed by atoms with Gasteiger partial charge in [-0.25, -0.2) is 0 Å². The maximum Gasteiger partial charge on any atom is 0.418 e. The summed E-state index contributed by atoms with van der Waals surface area (Å²) in [4.78, 5) is 0. The first-order chi connectivity index (χ1) is 8.97. The van der Waals surface area contributed by atoms with E-state index >= 15 is 0 Å². The lowest BCUT2D eigenvalue weighted by atomic mass is 10.1. The fourth-order valence-electron chi connectivity index (χ4n) is 1.83. The minimum absolute atomic E-state index is 0.110. The van der Waals surface area contributed by atoms with Gasteiger partial charge in [0.2, 0.25) is 0 Å². The molecule has 2 aromatic rings. The smallest absolute Gasteiger partial charge is 0.384 e. The second-order valence-electron chi connectivity index (χ2n) is 4.24. The van der Waals surface area contributed by atoms with Crippen molar-refractivity contribution < 1.29 is 13.2 Å². The van der Waals surface area contributed by atoms with Gasteiger partial charge in [-0.15, -0.1) is 0 Å². The Morgan fingerprint density at radius 1 is 1.26 bits per heavy atom. The van der Waals surface area contributed by atoms with Crippen LogP contribution in [0.2, 0.25) is 0 Å². The molecule has 1 aromatic carbocycles. The number of anilines is 1. The topological polar surface area (TPSA) is 29.9 Å². The Kier molecular flexibility index (Phi) is 3.78. The molecule has 0 atom stereocenters. The van der Waals surface area contributed by atoms with Gasteiger partial charge in [-0.1, -0.05) is 12.1 Å². The van der Waals surface area contributed by atoms with Gasteiger partial charge in [0.15, 0.2) is 0 Å². The predicted octanol–water partition coefficient (Wildman–Crippen LogP) is 3.09. The lowest BCUT2D eigenvalue weighted by Gasteiger charge is -2.13. The molecule has 0 bridgehead atoms. The molecule has 1 N–H and O–H groups in total. The maximum atomic E-state index is 12.7. The van der Waals surface area contributed by atoms with E-state index in [4.69, 9.17) is 0 Å². The monoisotopic (exact) mass is 269 g/mol. The molecular weight excluding hydrogens is 255 g/mol. The number of nitrogens with one attached hydrogen (secondary N) is 1. The Bertz CT molecular complexity index is 546. The molecule has 0 spiro atoms. The second kappa shape index (κ2) is 5.34. The fraction of sp³-hybridized carbons (Fsp3) is 0.308. The molecular formula is C13H14F3N3. The SMILES string of the molecule is Cn1cc(CCNc2ccccc2C(F)(F)F)cn1. The second-order valence-corrected chi connectivity index (χ2v) is 4.24. The number of halogens is 3. The predicted molar refractivity (Wildman–Crippen MR) is 66.8 cm³/mol. The number of hydrogen-bond acceptors (Lipinski definition) is 2. The van der Waals surface area contributed by atoms with Crippen molar-refractivity contribution in [3.63, 3.8) is 0 Å². The lowest BCUT2D eigenvalue weighted by molar-refractivity contribution is -0.136. The number of nitrogens with zero attached hydrogens (tertiary/aromatic N) is 2. The van der Waals surface area contributed by atoms with Gasteiger partial charge < -0.3 is 5.32 Å². The molecule has 102 valence electrons. The van der Waals surface area contributed by atoms with Crippen LogP contribution in [-0.4, -0.2) is 16.3 Å². The van der Waals surface area contributed by atoms with E-state index in [9.17, 15) is 13.2 Å². The minimum Gasteiger partial charge on any atom is -0.384 e. The van der Waals surface area contributed by atoms with Crippen molar-refractivity contribution >= 4 is 5.69 Å². The van der Waals surface area contributed by atoms with Crippen LogP contribution in [0.15, 0.2) is 36.7 Å². The van der Waals surface area contributed by atoms with Gasteiger partial charge in [0.1, 0.15) is 0 Å². The standard InChI is InChI=1S/C13H14F3N3/c1-19-9-10(8-18-19)6-7-17-12-5-3-2-4-11(12)13(14,15)16/h2-5,8-9,17H,6-7H2,1H3. The third kappa shape index (κ3) is 3.49. The largest absolute Gasteiger partial charge is 0.418 e. The summed E-state index contributed by atoms with van der Waals surface area (Å²) in [5.74, 6) is 0. The molecule has 1 aromatic heterocycles. The zero-order valence-corrected chi connectivity index (χ0v) is 10.4. The van der Waals surface area contributed by atoms with Crippen LogP contribution in [0.1, 0.15) is 11.1 Å². The number of alkyl halides is 3. The van der Waals surface area contributed by atoms with Crippen LogP contribution in [0.5, 0.6) is 0 Å². The summed E-state index contributed by atoms with van der Waals surface area (Å²) in [5, 5.41) is 6.83. The molecule has 0 radical (unpaired) electrons. The molecule has 0 unspecified atom stereocenters. The van der Waals surface area contributed by atoms with Gasteiger partial charge in [0.25, 0.3) is 0 Å². The summed E-state index contributed by atoms with van der Waals surface area (Å²) >= 11 is 0. The zero-order chi connectivity index (χ0) is 13.9. The van der Waals surface area contributed by atoms with E-state index in [1.54, 1.807) is 24.0 Å². The highest BCUT2D eigenvalue weighted by Crippen LogP contribution is 2.34. The number of para-hydroxylation sites is 1. The normalized spacial score (nSPS) is 11.6. The Hall–Kier alpha value is -1.98. The van der Waals surface area contributed by atoms with Crippen molar-refractivity contribution in [2.45, 2.75) is 12.6 Å². The summed E-state index contributed by atoms with van der Waals surface area (Å²) in [7, 11) is 1.80. The first kappa shape index (κ1) is 13.5. The van der Waals surface area contributed by atoms with Gasteiger partial charge in [-0.05, 0) is 24.1 Å². The quantitative estimate of drug-likeness (QED) is 0.924. The summed E-state index contributed by atoms with van der Waals surface area (Å²) in [6.07, 6.45) is -0.160. The number of rotatable bonds is 4. The molecule has 0 aliphatic carbocycles. The van der Waals surface area contributed by atoms with E-state index < -0.39 is 11.7 Å². The molecule has 19 heavy (non-hydrogen) atoms. The highest BCUT2D eigenvalue weighted by Gasteiger charge is 2.32. The van der Waals surface area contributed by atoms with E-state index in [2.05, 4.69) is 10.4 Å². The minimum atomic E-state index is -4.34. The average molecular weight is 269 g/mol. The summed E-state index contributed by atoms with van der Waals surface area (Å²) in [5.41, 5.74) is 0.458. The summed E-state index contributed by atoms with van der Waals surface area (Å²) in [6.45, 7) is 0.429. The van der Waals surface area contributed by atoms with Crippen molar-refractivity contribution in [1.29, 1.82) is 0 Å². The van der Waals surface area contributed by atoms with Crippen LogP contribution < -0.4 is 5.32 Å². The van der Waals surface area contributed by atoms with Crippen molar-refractivity contribution in [3.8, 4) is 0 Å². The van der Waals surface area contributed by atoms with Gasteiger partial charge in [-0.2, -0.15) is 18.3 Å². The molecule has 2 rings (SSSR count). The molecule has 0 saturated carbocycles. The van der Waals surface area contributed by atoms with Gasteiger partial charge in [-0.3, -0.25) is 4.68 Å². The van der Waals surface area contributed by atoms with Crippen molar-refractivity contribution in [2.75, 3.05) is 11.9 Å². The van der Waals surface area contributed by atoms with Crippen molar-refractivity contribution in [2.24, 2.45) is 7.05 Å². The molecule has 0 amide bonds. The Morgan fingerprint density at radius 2 is 2.00 bits per heavy atom. The van der Waals surface area contributed by atoms with Gasteiger partial charge in [0, 0.05) is 25.5 Å². The molecule has 6 heteroatoms. The van der Waals surface area contributed by atoms with Crippen LogP contribution in [0.4, 0.5) is 18.9 Å². The summed E-state index contributed by atoms with van der Waals surface area (Å²) in [6, 6.07) is 5.48. The Labute approximate surface area is 109 Å². The average Bonchev–Trinajstić information content (AvgIpc) is 2.74. The molecule has 0 fully saturated rings.